The first-order valence-electron chi connectivity index (χ1n) is 10.1. The zero-order valence-corrected chi connectivity index (χ0v) is 17.0. The van der Waals surface area contributed by atoms with Crippen LogP contribution in [0, 0.1) is 0 Å². The number of rotatable bonds is 5. The highest BCUT2D eigenvalue weighted by Crippen LogP contribution is 2.28. The number of sulfone groups is 1. The molecule has 156 valence electrons. The molecule has 2 fully saturated rings. The second kappa shape index (κ2) is 8.18. The average molecular weight is 419 g/mol. The van der Waals surface area contributed by atoms with E-state index in [2.05, 4.69) is 0 Å². The normalized spacial score (nSPS) is 21.9. The summed E-state index contributed by atoms with van der Waals surface area (Å²) in [5.41, 5.74) is 0.575. The van der Waals surface area contributed by atoms with Gasteiger partial charge in [-0.1, -0.05) is 37.5 Å². The zero-order valence-electron chi connectivity index (χ0n) is 16.2. The second-order valence-corrected chi connectivity index (χ2v) is 10.1. The number of ether oxygens (including phenoxy) is 1. The van der Waals surface area contributed by atoms with Gasteiger partial charge in [0.1, 0.15) is 5.58 Å². The SMILES string of the molecule is O=C(OCC(=O)N(C1CCCCC1)[C@H]1CCS(=O)(=O)C1)c1cc2ccccc2o1. The summed E-state index contributed by atoms with van der Waals surface area (Å²) in [6.07, 6.45) is 5.34. The van der Waals surface area contributed by atoms with E-state index in [-0.39, 0.29) is 35.3 Å². The Morgan fingerprint density at radius 1 is 1.07 bits per heavy atom. The number of furan rings is 1. The van der Waals surface area contributed by atoms with Gasteiger partial charge in [0.05, 0.1) is 11.5 Å². The summed E-state index contributed by atoms with van der Waals surface area (Å²) in [6.45, 7) is -0.414. The summed E-state index contributed by atoms with van der Waals surface area (Å²) in [5, 5.41) is 0.783. The van der Waals surface area contributed by atoms with Crippen LogP contribution in [0.15, 0.2) is 34.7 Å². The molecule has 7 nitrogen and oxygen atoms in total. The minimum Gasteiger partial charge on any atom is -0.450 e. The lowest BCUT2D eigenvalue weighted by molar-refractivity contribution is -0.140. The Bertz CT molecular complexity index is 972. The van der Waals surface area contributed by atoms with E-state index in [9.17, 15) is 18.0 Å². The molecule has 1 aromatic heterocycles. The fourth-order valence-corrected chi connectivity index (χ4v) is 6.13. The molecule has 0 bridgehead atoms. The molecule has 1 saturated carbocycles. The third-order valence-corrected chi connectivity index (χ3v) is 7.56. The molecular formula is C21H25NO6S. The van der Waals surface area contributed by atoms with Crippen LogP contribution in [0.3, 0.4) is 0 Å². The molecule has 0 N–H and O–H groups in total. The van der Waals surface area contributed by atoms with Crippen LogP contribution in [0.4, 0.5) is 0 Å². The molecule has 1 saturated heterocycles. The van der Waals surface area contributed by atoms with Gasteiger partial charge in [-0.3, -0.25) is 4.79 Å². The number of esters is 1. The summed E-state index contributed by atoms with van der Waals surface area (Å²) in [4.78, 5) is 27.0. The van der Waals surface area contributed by atoms with Gasteiger partial charge in [-0.15, -0.1) is 0 Å². The largest absolute Gasteiger partial charge is 0.450 e. The first-order valence-corrected chi connectivity index (χ1v) is 11.9. The van der Waals surface area contributed by atoms with Crippen molar-refractivity contribution in [3.05, 3.63) is 36.1 Å². The molecule has 1 atom stereocenters. The Balaban J connectivity index is 1.45. The van der Waals surface area contributed by atoms with Crippen LogP contribution in [0.1, 0.15) is 49.1 Å². The summed E-state index contributed by atoms with van der Waals surface area (Å²) >= 11 is 0. The quantitative estimate of drug-likeness (QED) is 0.692. The minimum atomic E-state index is -3.12. The van der Waals surface area contributed by atoms with Gasteiger partial charge in [0.25, 0.3) is 5.91 Å². The summed E-state index contributed by atoms with van der Waals surface area (Å²) < 4.78 is 34.6. The Labute approximate surface area is 169 Å². The Hall–Kier alpha value is -2.35. The highest BCUT2D eigenvalue weighted by atomic mass is 32.2. The molecule has 0 spiro atoms. The molecule has 1 aromatic carbocycles. The van der Waals surface area contributed by atoms with Crippen molar-refractivity contribution in [1.82, 2.24) is 4.90 Å². The Kier molecular flexibility index (Phi) is 5.63. The van der Waals surface area contributed by atoms with Crippen molar-refractivity contribution >= 4 is 32.7 Å². The smallest absolute Gasteiger partial charge is 0.374 e. The monoisotopic (exact) mass is 419 g/mol. The fourth-order valence-electron chi connectivity index (χ4n) is 4.41. The summed E-state index contributed by atoms with van der Waals surface area (Å²) in [6, 6.07) is 8.50. The van der Waals surface area contributed by atoms with Gasteiger partial charge in [0, 0.05) is 17.5 Å². The number of para-hydroxylation sites is 1. The van der Waals surface area contributed by atoms with E-state index in [0.717, 1.165) is 37.5 Å². The van der Waals surface area contributed by atoms with Gasteiger partial charge in [0.2, 0.25) is 5.76 Å². The zero-order chi connectivity index (χ0) is 20.4. The van der Waals surface area contributed by atoms with Crippen molar-refractivity contribution in [2.75, 3.05) is 18.1 Å². The third-order valence-electron chi connectivity index (χ3n) is 5.81. The number of amides is 1. The van der Waals surface area contributed by atoms with Gasteiger partial charge in [-0.2, -0.15) is 0 Å². The van der Waals surface area contributed by atoms with E-state index in [1.807, 2.05) is 18.2 Å². The van der Waals surface area contributed by atoms with E-state index in [1.54, 1.807) is 17.0 Å². The number of fused-ring (bicyclic) bond motifs is 1. The van der Waals surface area contributed by atoms with Gasteiger partial charge in [-0.05, 0) is 31.4 Å². The number of benzene rings is 1. The van der Waals surface area contributed by atoms with Crippen molar-refractivity contribution in [3.8, 4) is 0 Å². The van der Waals surface area contributed by atoms with Crippen molar-refractivity contribution in [3.63, 3.8) is 0 Å². The minimum absolute atomic E-state index is 0.00718. The maximum atomic E-state index is 13.0. The molecule has 2 aromatic rings. The molecule has 2 heterocycles. The highest BCUT2D eigenvalue weighted by molar-refractivity contribution is 7.91. The molecule has 1 aliphatic heterocycles. The lowest BCUT2D eigenvalue weighted by Crippen LogP contribution is -2.50. The van der Waals surface area contributed by atoms with Crippen LogP contribution in [0.25, 0.3) is 11.0 Å². The number of carbonyl (C=O) groups is 2. The molecule has 2 aliphatic rings. The maximum Gasteiger partial charge on any atom is 0.374 e. The van der Waals surface area contributed by atoms with Crippen LogP contribution >= 0.6 is 0 Å². The van der Waals surface area contributed by atoms with E-state index < -0.39 is 22.4 Å². The van der Waals surface area contributed by atoms with Crippen LogP contribution in [-0.4, -0.2) is 55.4 Å². The van der Waals surface area contributed by atoms with Crippen LogP contribution in [0.2, 0.25) is 0 Å². The predicted octanol–water partition coefficient (Wildman–Crippen LogP) is 2.94. The van der Waals surface area contributed by atoms with Crippen molar-refractivity contribution in [2.45, 2.75) is 50.6 Å². The molecule has 8 heteroatoms. The Morgan fingerprint density at radius 3 is 2.52 bits per heavy atom. The number of hydrogen-bond acceptors (Lipinski definition) is 6. The van der Waals surface area contributed by atoms with Gasteiger partial charge in [-0.25, -0.2) is 13.2 Å². The van der Waals surface area contributed by atoms with E-state index >= 15 is 0 Å². The molecule has 0 radical (unpaired) electrons. The lowest BCUT2D eigenvalue weighted by atomic mass is 9.93. The van der Waals surface area contributed by atoms with E-state index in [4.69, 9.17) is 9.15 Å². The molecule has 0 unspecified atom stereocenters. The molecular weight excluding hydrogens is 394 g/mol. The van der Waals surface area contributed by atoms with Gasteiger partial charge >= 0.3 is 5.97 Å². The summed E-state index contributed by atoms with van der Waals surface area (Å²) in [5.74, 6) is -0.882. The standard InChI is InChI=1S/C21H25NO6S/c23-20(13-27-21(24)19-12-15-6-4-5-9-18(15)28-19)22(16-7-2-1-3-8-16)17-10-11-29(25,26)14-17/h4-6,9,12,16-17H,1-3,7-8,10-11,13-14H2/t17-/m0/s1. The van der Waals surface area contributed by atoms with Gasteiger partial charge in [0.15, 0.2) is 16.4 Å². The lowest BCUT2D eigenvalue weighted by Gasteiger charge is -2.38. The first-order chi connectivity index (χ1) is 13.9. The first kappa shape index (κ1) is 19.9. The predicted molar refractivity (Wildman–Crippen MR) is 107 cm³/mol. The topological polar surface area (TPSA) is 93.9 Å². The molecule has 29 heavy (non-hydrogen) atoms. The Morgan fingerprint density at radius 2 is 1.83 bits per heavy atom. The second-order valence-electron chi connectivity index (χ2n) is 7.87. The maximum absolute atomic E-state index is 13.0. The van der Waals surface area contributed by atoms with Crippen LogP contribution in [0.5, 0.6) is 0 Å². The third kappa shape index (κ3) is 4.47. The summed E-state index contributed by atoms with van der Waals surface area (Å²) in [7, 11) is -3.12. The van der Waals surface area contributed by atoms with Crippen molar-refractivity contribution < 1.29 is 27.2 Å². The fraction of sp³-hybridized carbons (Fsp3) is 0.524. The highest BCUT2D eigenvalue weighted by Gasteiger charge is 2.38. The molecule has 4 rings (SSSR count). The molecule has 1 aliphatic carbocycles. The van der Waals surface area contributed by atoms with E-state index in [0.29, 0.717) is 12.0 Å². The van der Waals surface area contributed by atoms with Crippen LogP contribution < -0.4 is 0 Å². The van der Waals surface area contributed by atoms with Gasteiger partial charge < -0.3 is 14.1 Å². The number of carbonyl (C=O) groups excluding carboxylic acids is 2. The number of nitrogens with zero attached hydrogens (tertiary/aromatic N) is 1. The van der Waals surface area contributed by atoms with E-state index in [1.165, 1.54) is 0 Å². The molecule has 1 amide bonds. The average Bonchev–Trinajstić information content (AvgIpc) is 3.30. The van der Waals surface area contributed by atoms with Crippen molar-refractivity contribution in [2.24, 2.45) is 0 Å². The van der Waals surface area contributed by atoms with Crippen LogP contribution in [-0.2, 0) is 19.4 Å². The van der Waals surface area contributed by atoms with Crippen molar-refractivity contribution in [1.29, 1.82) is 0 Å². The number of hydrogen-bond donors (Lipinski definition) is 0.